The van der Waals surface area contributed by atoms with Gasteiger partial charge >= 0.3 is 0 Å². The van der Waals surface area contributed by atoms with Crippen molar-refractivity contribution in [2.45, 2.75) is 12.8 Å². The molecule has 1 saturated heterocycles. The molecule has 0 atom stereocenters. The summed E-state index contributed by atoms with van der Waals surface area (Å²) in [6.45, 7) is 4.41. The Balaban J connectivity index is 2.30. The van der Waals surface area contributed by atoms with Crippen LogP contribution in [0.25, 0.3) is 5.52 Å². The molecule has 3 heterocycles. The van der Waals surface area contributed by atoms with E-state index in [4.69, 9.17) is 0 Å². The van der Waals surface area contributed by atoms with Gasteiger partial charge in [-0.3, -0.25) is 0 Å². The molecule has 1 aliphatic rings. The SMILES string of the molecule is Cc1c(Br)c2ccccn2c1C1CNC1. The zero-order chi connectivity index (χ0) is 10.4. The van der Waals surface area contributed by atoms with Crippen LogP contribution in [0.3, 0.4) is 0 Å². The molecular formula is C12H13BrN2. The van der Waals surface area contributed by atoms with Crippen LogP contribution in [0.15, 0.2) is 28.9 Å². The molecule has 2 nitrogen and oxygen atoms in total. The van der Waals surface area contributed by atoms with Gasteiger partial charge in [0.2, 0.25) is 0 Å². The van der Waals surface area contributed by atoms with Gasteiger partial charge in [-0.2, -0.15) is 0 Å². The summed E-state index contributed by atoms with van der Waals surface area (Å²) in [5.74, 6) is 0.672. The second-order valence-corrected chi connectivity index (χ2v) is 4.93. The van der Waals surface area contributed by atoms with Crippen LogP contribution >= 0.6 is 15.9 Å². The number of hydrogen-bond acceptors (Lipinski definition) is 1. The highest BCUT2D eigenvalue weighted by molar-refractivity contribution is 9.10. The Labute approximate surface area is 97.4 Å². The highest BCUT2D eigenvalue weighted by Crippen LogP contribution is 2.33. The van der Waals surface area contributed by atoms with Crippen molar-refractivity contribution in [2.24, 2.45) is 0 Å². The Kier molecular flexibility index (Phi) is 2.11. The summed E-state index contributed by atoms with van der Waals surface area (Å²) < 4.78 is 3.55. The lowest BCUT2D eigenvalue weighted by Crippen LogP contribution is -2.40. The number of rotatable bonds is 1. The van der Waals surface area contributed by atoms with Crippen LogP contribution in [-0.2, 0) is 0 Å². The number of pyridine rings is 1. The minimum absolute atomic E-state index is 0.672. The van der Waals surface area contributed by atoms with Gasteiger partial charge in [0.1, 0.15) is 0 Å². The first-order valence-electron chi connectivity index (χ1n) is 5.25. The van der Waals surface area contributed by atoms with Crippen molar-refractivity contribution in [1.29, 1.82) is 0 Å². The maximum absolute atomic E-state index is 3.68. The van der Waals surface area contributed by atoms with E-state index in [9.17, 15) is 0 Å². The summed E-state index contributed by atoms with van der Waals surface area (Å²) >= 11 is 3.68. The highest BCUT2D eigenvalue weighted by atomic mass is 79.9. The van der Waals surface area contributed by atoms with Gasteiger partial charge in [-0.25, -0.2) is 0 Å². The average molecular weight is 265 g/mol. The second-order valence-electron chi connectivity index (χ2n) is 4.14. The quantitative estimate of drug-likeness (QED) is 0.838. The van der Waals surface area contributed by atoms with Gasteiger partial charge in [0.05, 0.1) is 5.52 Å². The molecule has 0 unspecified atom stereocenters. The van der Waals surface area contributed by atoms with E-state index in [1.807, 2.05) is 0 Å². The molecule has 0 spiro atoms. The minimum atomic E-state index is 0.672. The van der Waals surface area contributed by atoms with Gasteiger partial charge < -0.3 is 9.72 Å². The molecule has 0 aromatic carbocycles. The average Bonchev–Trinajstić information content (AvgIpc) is 2.42. The molecule has 2 aromatic rings. The summed E-state index contributed by atoms with van der Waals surface area (Å²) in [6, 6.07) is 6.34. The Morgan fingerprint density at radius 2 is 2.20 bits per heavy atom. The lowest BCUT2D eigenvalue weighted by atomic mass is 9.97. The van der Waals surface area contributed by atoms with Gasteiger partial charge in [-0.05, 0) is 40.5 Å². The van der Waals surface area contributed by atoms with E-state index in [1.54, 1.807) is 0 Å². The Bertz CT molecular complexity index is 512. The highest BCUT2D eigenvalue weighted by Gasteiger charge is 2.25. The Morgan fingerprint density at radius 3 is 2.87 bits per heavy atom. The van der Waals surface area contributed by atoms with Crippen molar-refractivity contribution in [2.75, 3.05) is 13.1 Å². The fourth-order valence-corrected chi connectivity index (χ4v) is 2.83. The van der Waals surface area contributed by atoms with Crippen molar-refractivity contribution in [3.63, 3.8) is 0 Å². The van der Waals surface area contributed by atoms with Crippen molar-refractivity contribution < 1.29 is 0 Å². The van der Waals surface area contributed by atoms with Crippen LogP contribution in [0.1, 0.15) is 17.2 Å². The first kappa shape index (κ1) is 9.43. The van der Waals surface area contributed by atoms with E-state index in [1.165, 1.54) is 21.2 Å². The van der Waals surface area contributed by atoms with Crippen molar-refractivity contribution in [3.05, 3.63) is 40.1 Å². The van der Waals surface area contributed by atoms with Crippen LogP contribution in [0.5, 0.6) is 0 Å². The van der Waals surface area contributed by atoms with Gasteiger partial charge in [-0.1, -0.05) is 6.07 Å². The maximum Gasteiger partial charge on any atom is 0.0597 e. The molecule has 0 bridgehead atoms. The largest absolute Gasteiger partial charge is 0.319 e. The van der Waals surface area contributed by atoms with Crippen LogP contribution in [0.2, 0.25) is 0 Å². The number of nitrogens with one attached hydrogen (secondary N) is 1. The molecule has 1 N–H and O–H groups in total. The molecule has 3 rings (SSSR count). The third-order valence-corrected chi connectivity index (χ3v) is 4.23. The fraction of sp³-hybridized carbons (Fsp3) is 0.333. The number of fused-ring (bicyclic) bond motifs is 1. The molecule has 3 heteroatoms. The van der Waals surface area contributed by atoms with E-state index >= 15 is 0 Å². The topological polar surface area (TPSA) is 16.4 Å². The maximum atomic E-state index is 3.68. The summed E-state index contributed by atoms with van der Waals surface area (Å²) in [5, 5.41) is 3.33. The normalized spacial score (nSPS) is 16.9. The van der Waals surface area contributed by atoms with E-state index in [2.05, 4.69) is 57.0 Å². The van der Waals surface area contributed by atoms with E-state index in [0.717, 1.165) is 13.1 Å². The summed E-state index contributed by atoms with van der Waals surface area (Å²) in [4.78, 5) is 0. The lowest BCUT2D eigenvalue weighted by molar-refractivity contribution is 0.436. The van der Waals surface area contributed by atoms with E-state index < -0.39 is 0 Å². The molecule has 0 aliphatic carbocycles. The third-order valence-electron chi connectivity index (χ3n) is 3.23. The van der Waals surface area contributed by atoms with Gasteiger partial charge in [0, 0.05) is 35.4 Å². The van der Waals surface area contributed by atoms with Gasteiger partial charge in [-0.15, -0.1) is 0 Å². The van der Waals surface area contributed by atoms with Crippen LogP contribution in [0.4, 0.5) is 0 Å². The number of hydrogen-bond donors (Lipinski definition) is 1. The molecule has 0 saturated carbocycles. The number of nitrogens with zero attached hydrogens (tertiary/aromatic N) is 1. The first-order valence-corrected chi connectivity index (χ1v) is 6.04. The minimum Gasteiger partial charge on any atom is -0.319 e. The monoisotopic (exact) mass is 264 g/mol. The van der Waals surface area contributed by atoms with Gasteiger partial charge in [0.25, 0.3) is 0 Å². The standard InChI is InChI=1S/C12H13BrN2/c1-8-11(13)10-4-2-3-5-15(10)12(8)9-6-14-7-9/h2-5,9,14H,6-7H2,1H3. The van der Waals surface area contributed by atoms with Crippen molar-refractivity contribution in [1.82, 2.24) is 9.72 Å². The Morgan fingerprint density at radius 1 is 1.40 bits per heavy atom. The van der Waals surface area contributed by atoms with Crippen LogP contribution < -0.4 is 5.32 Å². The lowest BCUT2D eigenvalue weighted by Gasteiger charge is -2.28. The number of aromatic nitrogens is 1. The van der Waals surface area contributed by atoms with Crippen molar-refractivity contribution in [3.8, 4) is 0 Å². The predicted molar refractivity (Wildman–Crippen MR) is 65.4 cm³/mol. The molecule has 15 heavy (non-hydrogen) atoms. The zero-order valence-electron chi connectivity index (χ0n) is 8.63. The molecule has 0 amide bonds. The smallest absolute Gasteiger partial charge is 0.0597 e. The second kappa shape index (κ2) is 3.35. The number of halogens is 1. The molecule has 0 radical (unpaired) electrons. The van der Waals surface area contributed by atoms with Gasteiger partial charge in [0.15, 0.2) is 0 Å². The molecular weight excluding hydrogens is 252 g/mol. The van der Waals surface area contributed by atoms with Crippen molar-refractivity contribution >= 4 is 21.4 Å². The summed E-state index contributed by atoms with van der Waals surface area (Å²) in [6.07, 6.45) is 2.15. The predicted octanol–water partition coefficient (Wildman–Crippen LogP) is 2.70. The molecule has 1 aliphatic heterocycles. The summed E-state index contributed by atoms with van der Waals surface area (Å²) in [5.41, 5.74) is 4.11. The molecule has 2 aromatic heterocycles. The first-order chi connectivity index (χ1) is 7.29. The molecule has 78 valence electrons. The molecule has 1 fully saturated rings. The van der Waals surface area contributed by atoms with E-state index in [-0.39, 0.29) is 0 Å². The fourth-order valence-electron chi connectivity index (χ4n) is 2.30. The zero-order valence-corrected chi connectivity index (χ0v) is 10.2. The Hall–Kier alpha value is -0.800. The third kappa shape index (κ3) is 1.26. The summed E-state index contributed by atoms with van der Waals surface area (Å²) in [7, 11) is 0. The van der Waals surface area contributed by atoms with Crippen LogP contribution in [-0.4, -0.2) is 17.5 Å². The van der Waals surface area contributed by atoms with E-state index in [0.29, 0.717) is 5.92 Å². The van der Waals surface area contributed by atoms with Crippen LogP contribution in [0, 0.1) is 6.92 Å².